The lowest BCUT2D eigenvalue weighted by molar-refractivity contribution is -0.127. The lowest BCUT2D eigenvalue weighted by Gasteiger charge is -2.32. The number of benzene rings is 2. The Hall–Kier alpha value is -6.37. The first-order valence-electron chi connectivity index (χ1n) is 23.6. The van der Waals surface area contributed by atoms with Crippen molar-refractivity contribution in [3.05, 3.63) is 106 Å². The predicted molar refractivity (Wildman–Crippen MR) is 286 cm³/mol. The van der Waals surface area contributed by atoms with Gasteiger partial charge >= 0.3 is 18.4 Å². The largest absolute Gasteiger partial charge is 0.443 e. The summed E-state index contributed by atoms with van der Waals surface area (Å²) >= 11 is 5.53. The van der Waals surface area contributed by atoms with Crippen LogP contribution < -0.4 is 16.0 Å². The first-order valence-corrected chi connectivity index (χ1v) is 26.4. The lowest BCUT2D eigenvalue weighted by atomic mass is 10.0. The minimum Gasteiger partial charge on any atom is -0.443 e. The number of thiophene rings is 2. The number of hydrogen-bond acceptors (Lipinski definition) is 14. The van der Waals surface area contributed by atoms with Crippen LogP contribution in [0.3, 0.4) is 0 Å². The normalized spacial score (nSPS) is 14.8. The number of piperidine rings is 2. The van der Waals surface area contributed by atoms with E-state index in [1.165, 1.54) is 22.8 Å². The smallest absolute Gasteiger partial charge is 0.420 e. The van der Waals surface area contributed by atoms with Gasteiger partial charge in [-0.1, -0.05) is 35.5 Å². The third kappa shape index (κ3) is 15.2. The second kappa shape index (κ2) is 24.1. The van der Waals surface area contributed by atoms with Crippen LogP contribution in [0.2, 0.25) is 0 Å². The van der Waals surface area contributed by atoms with Crippen molar-refractivity contribution in [3.8, 4) is 12.1 Å². The van der Waals surface area contributed by atoms with E-state index in [1.807, 2.05) is 36.4 Å². The van der Waals surface area contributed by atoms with Crippen molar-refractivity contribution < 1.29 is 35.9 Å². The number of alkyl halides is 7. The monoisotopic (exact) mass is 1140 g/mol. The highest BCUT2D eigenvalue weighted by molar-refractivity contribution is 9.08. The number of nitriles is 2. The number of rotatable bonds is 9. The molecule has 0 spiro atoms. The number of H-pyrrole nitrogens is 1. The molecule has 2 aliphatic rings. The summed E-state index contributed by atoms with van der Waals surface area (Å²) < 4.78 is 82.4. The highest BCUT2D eigenvalue weighted by Gasteiger charge is 2.31. The molecule has 2 fully saturated rings. The number of nitrogens with one attached hydrogen (secondary N) is 4. The Morgan fingerprint density at radius 2 is 1.32 bits per heavy atom. The van der Waals surface area contributed by atoms with Crippen molar-refractivity contribution in [2.24, 2.45) is 0 Å². The van der Waals surface area contributed by atoms with E-state index in [1.54, 1.807) is 39.0 Å². The Balaban J connectivity index is 0.000000171. The van der Waals surface area contributed by atoms with Crippen LogP contribution in [0.1, 0.15) is 86.2 Å². The average molecular weight is 1140 g/mol. The van der Waals surface area contributed by atoms with Gasteiger partial charge in [0.2, 0.25) is 0 Å². The molecule has 0 radical (unpaired) electrons. The molecule has 0 unspecified atom stereocenters. The van der Waals surface area contributed by atoms with Gasteiger partial charge in [-0.05, 0) is 119 Å². The second-order valence-corrected chi connectivity index (χ2v) is 21.7. The molecule has 6 aromatic heterocycles. The van der Waals surface area contributed by atoms with Crippen LogP contribution in [-0.4, -0.2) is 96.7 Å². The number of anilines is 2. The molecule has 10 rings (SSSR count). The maximum absolute atomic E-state index is 12.8. The van der Waals surface area contributed by atoms with Gasteiger partial charge in [-0.2, -0.15) is 36.9 Å². The maximum atomic E-state index is 12.8. The van der Waals surface area contributed by atoms with Gasteiger partial charge in [-0.15, -0.1) is 22.7 Å². The van der Waals surface area contributed by atoms with Crippen molar-refractivity contribution in [1.29, 1.82) is 10.5 Å². The number of carbonyl (C=O) groups excluding carboxylic acids is 1. The van der Waals surface area contributed by atoms with Crippen LogP contribution in [0.25, 0.3) is 42.2 Å². The van der Waals surface area contributed by atoms with E-state index in [-0.39, 0.29) is 28.9 Å². The van der Waals surface area contributed by atoms with Gasteiger partial charge in [0.05, 0.1) is 29.1 Å². The van der Waals surface area contributed by atoms with Crippen molar-refractivity contribution in [2.45, 2.75) is 109 Å². The average Bonchev–Trinajstić information content (AvgIpc) is 4.15. The first-order chi connectivity index (χ1) is 35.2. The molecular weight excluding hydrogens is 1080 g/mol. The Morgan fingerprint density at radius 1 is 0.760 bits per heavy atom. The maximum Gasteiger partial charge on any atom is 0.420 e. The Labute approximate surface area is 445 Å². The number of fused-ring (bicyclic) bond motifs is 4. The van der Waals surface area contributed by atoms with Crippen LogP contribution in [0.5, 0.6) is 0 Å². The fourth-order valence-corrected chi connectivity index (χ4v) is 11.1. The highest BCUT2D eigenvalue weighted by atomic mass is 79.9. The Kier molecular flexibility index (Phi) is 18.1. The number of carbonyl (C=O) groups is 1. The zero-order chi connectivity index (χ0) is 52.8. The van der Waals surface area contributed by atoms with Crippen LogP contribution in [-0.2, 0) is 29.5 Å². The third-order valence-electron chi connectivity index (χ3n) is 12.0. The van der Waals surface area contributed by atoms with Gasteiger partial charge in [0.15, 0.2) is 0 Å². The third-order valence-corrected chi connectivity index (χ3v) is 14.8. The molecule has 0 saturated carbocycles. The molecule has 2 saturated heterocycles. The second-order valence-electron chi connectivity index (χ2n) is 19.0. The molecule has 23 heteroatoms. The van der Waals surface area contributed by atoms with Gasteiger partial charge in [0, 0.05) is 63.1 Å². The molecule has 0 atom stereocenters. The number of aromatic nitrogens is 6. The van der Waals surface area contributed by atoms with Gasteiger partial charge in [-0.3, -0.25) is 4.90 Å². The lowest BCUT2D eigenvalue weighted by Crippen LogP contribution is -2.38. The molecule has 2 aromatic carbocycles. The van der Waals surface area contributed by atoms with Crippen molar-refractivity contribution in [1.82, 2.24) is 39.7 Å². The van der Waals surface area contributed by atoms with E-state index in [0.717, 1.165) is 108 Å². The van der Waals surface area contributed by atoms with E-state index < -0.39 is 36.9 Å². The van der Waals surface area contributed by atoms with Crippen LogP contribution >= 0.6 is 38.6 Å². The van der Waals surface area contributed by atoms with Crippen LogP contribution in [0.15, 0.2) is 73.3 Å². The summed E-state index contributed by atoms with van der Waals surface area (Å²) in [4.78, 5) is 36.1. The summed E-state index contributed by atoms with van der Waals surface area (Å²) in [5.41, 5.74) is 4.16. The summed E-state index contributed by atoms with van der Waals surface area (Å²) in [5.74, 6) is 1.24. The number of likely N-dealkylation sites (tertiary alicyclic amines) is 1. The number of halogens is 7. The zero-order valence-corrected chi connectivity index (χ0v) is 43.6. The van der Waals surface area contributed by atoms with E-state index >= 15 is 0 Å². The van der Waals surface area contributed by atoms with E-state index in [2.05, 4.69) is 79.9 Å². The molecule has 14 nitrogen and oxygen atoms in total. The van der Waals surface area contributed by atoms with Crippen molar-refractivity contribution in [3.63, 3.8) is 0 Å². The molecule has 0 amide bonds. The van der Waals surface area contributed by atoms with Crippen LogP contribution in [0, 0.1) is 22.7 Å². The van der Waals surface area contributed by atoms with Gasteiger partial charge in [0.25, 0.3) is 0 Å². The highest BCUT2D eigenvalue weighted by Crippen LogP contribution is 2.35. The molecule has 2 aliphatic heterocycles. The minimum absolute atomic E-state index is 0. The molecule has 4 N–H and O–H groups in total. The fraction of sp³-hybridized carbons (Fsp3) is 0.404. The summed E-state index contributed by atoms with van der Waals surface area (Å²) in [5, 5.41) is 32.2. The number of nitrogens with zero attached hydrogens (tertiary/aromatic N) is 8. The molecule has 75 heavy (non-hydrogen) atoms. The minimum atomic E-state index is -4.24. The molecule has 0 aliphatic carbocycles. The predicted octanol–water partition coefficient (Wildman–Crippen LogP) is 13.0. The van der Waals surface area contributed by atoms with Gasteiger partial charge in [-0.25, -0.2) is 29.3 Å². The van der Waals surface area contributed by atoms with Gasteiger partial charge < -0.3 is 25.7 Å². The molecule has 8 aromatic rings. The molecule has 396 valence electrons. The Bertz CT molecular complexity index is 3340. The Morgan fingerprint density at radius 3 is 1.85 bits per heavy atom. The topological polar surface area (TPSA) is 185 Å². The van der Waals surface area contributed by atoms with Crippen molar-refractivity contribution >= 4 is 98.6 Å². The summed E-state index contributed by atoms with van der Waals surface area (Å²) in [6, 6.07) is 23.2. The summed E-state index contributed by atoms with van der Waals surface area (Å²) in [6.07, 6.45) is -4.24. The van der Waals surface area contributed by atoms with E-state index in [4.69, 9.17) is 10.00 Å². The molecule has 8 heterocycles. The number of hydrogen-bond donors (Lipinski definition) is 4. The summed E-state index contributed by atoms with van der Waals surface area (Å²) in [6.45, 7) is 9.91. The van der Waals surface area contributed by atoms with E-state index in [9.17, 15) is 36.4 Å². The van der Waals surface area contributed by atoms with Gasteiger partial charge in [0.1, 0.15) is 63.1 Å². The summed E-state index contributed by atoms with van der Waals surface area (Å²) in [7, 11) is 0. The standard InChI is InChI=1S/C23H21F3N6S.C15H15BrN2O2.C13H15F3N4S.CH4/c24-23(25,26)10-18-9-19-21(28-13-29-22(19)33-18)31-16-3-5-32(6-4-16)12-14-1-2-20-15(7-14)8-17(11-27)30-20;1-15(2,3)20-14(19)18-12(9-17)7-11-6-10(8-16)4-5-13(11)18;14-13(15,16)6-9-5-10-11(18-7-19-12(10)21-9)20-8-1-3-17-4-2-8;/h1-2,7-9,13,16,30H,3-6,10,12H2,(H,28,29,31);4-7H,8H2,1-3H3;5,7-8,17H,1-4,6H2,(H,18,19,20);1H4. The SMILES string of the molecule is C.CC(C)(C)OC(=O)n1c(C#N)cc2cc(CBr)ccc21.FC(F)(F)Cc1cc2c(NC3CCNCC3)ncnc2s1.N#Cc1cc2cc(CN3CCC(Nc4ncnc5sc(CC(F)(F)F)cc45)CC3)ccc2[nH]1. The number of ether oxygens (including phenoxy) is 1. The molecular formula is C52H55BrF6N12O2S2. The quantitative estimate of drug-likeness (QED) is 0.0793. The van der Waals surface area contributed by atoms with Crippen LogP contribution in [0.4, 0.5) is 42.8 Å². The molecule has 0 bridgehead atoms. The van der Waals surface area contributed by atoms with E-state index in [0.29, 0.717) is 49.3 Å². The fourth-order valence-electron chi connectivity index (χ4n) is 8.73. The zero-order valence-electron chi connectivity index (χ0n) is 40.4. The number of aromatic amines is 1. The van der Waals surface area contributed by atoms with Crippen molar-refractivity contribution in [2.75, 3.05) is 36.8 Å². The first kappa shape index (κ1) is 56.4.